The summed E-state index contributed by atoms with van der Waals surface area (Å²) >= 11 is 0. The van der Waals surface area contributed by atoms with E-state index in [-0.39, 0.29) is 18.3 Å². The summed E-state index contributed by atoms with van der Waals surface area (Å²) in [5, 5.41) is 3.10. The fraction of sp³-hybridized carbons (Fsp3) is 0.923. The van der Waals surface area contributed by atoms with E-state index in [9.17, 15) is 4.79 Å². The molecule has 0 radical (unpaired) electrons. The van der Waals surface area contributed by atoms with Gasteiger partial charge in [-0.1, -0.05) is 13.8 Å². The van der Waals surface area contributed by atoms with Crippen molar-refractivity contribution in [3.8, 4) is 0 Å². The zero-order valence-corrected chi connectivity index (χ0v) is 12.6. The van der Waals surface area contributed by atoms with Gasteiger partial charge in [0, 0.05) is 26.7 Å². The molecule has 1 aliphatic rings. The number of hydrogen-bond acceptors (Lipinski definition) is 3. The Kier molecular flexibility index (Phi) is 9.42. The van der Waals surface area contributed by atoms with E-state index >= 15 is 0 Å². The summed E-state index contributed by atoms with van der Waals surface area (Å²) < 4.78 is 4.92. The summed E-state index contributed by atoms with van der Waals surface area (Å²) in [6.45, 7) is 8.23. The average molecular weight is 279 g/mol. The minimum absolute atomic E-state index is 0. The van der Waals surface area contributed by atoms with Gasteiger partial charge in [-0.15, -0.1) is 12.4 Å². The van der Waals surface area contributed by atoms with Crippen LogP contribution in [0.3, 0.4) is 0 Å². The van der Waals surface area contributed by atoms with Crippen molar-refractivity contribution in [1.29, 1.82) is 0 Å². The second kappa shape index (κ2) is 9.59. The molecule has 0 aromatic heterocycles. The summed E-state index contributed by atoms with van der Waals surface area (Å²) in [4.78, 5) is 13.8. The van der Waals surface area contributed by atoms with E-state index in [0.29, 0.717) is 13.2 Å². The molecule has 1 saturated heterocycles. The molecule has 0 spiro atoms. The van der Waals surface area contributed by atoms with Gasteiger partial charge < -0.3 is 15.0 Å². The molecule has 5 heteroatoms. The molecule has 1 heterocycles. The SMILES string of the molecule is COCCNCC(=O)N1CCC(C(C)C)CC1.Cl. The number of halogens is 1. The number of nitrogens with zero attached hydrogens (tertiary/aromatic N) is 1. The summed E-state index contributed by atoms with van der Waals surface area (Å²) in [5.74, 6) is 1.76. The van der Waals surface area contributed by atoms with Crippen molar-refractivity contribution in [1.82, 2.24) is 10.2 Å². The monoisotopic (exact) mass is 278 g/mol. The molecule has 1 amide bonds. The highest BCUT2D eigenvalue weighted by atomic mass is 35.5. The van der Waals surface area contributed by atoms with E-state index in [1.54, 1.807) is 7.11 Å². The molecule has 0 aromatic carbocycles. The van der Waals surface area contributed by atoms with Gasteiger partial charge >= 0.3 is 0 Å². The predicted octanol–water partition coefficient (Wildman–Crippen LogP) is 1.54. The van der Waals surface area contributed by atoms with Crippen molar-refractivity contribution in [3.63, 3.8) is 0 Å². The smallest absolute Gasteiger partial charge is 0.236 e. The quantitative estimate of drug-likeness (QED) is 0.750. The third-order valence-corrected chi connectivity index (χ3v) is 3.59. The Morgan fingerprint density at radius 2 is 2.00 bits per heavy atom. The Hall–Kier alpha value is -0.320. The maximum absolute atomic E-state index is 11.9. The van der Waals surface area contributed by atoms with Crippen molar-refractivity contribution >= 4 is 18.3 Å². The van der Waals surface area contributed by atoms with Crippen LogP contribution in [0.2, 0.25) is 0 Å². The highest BCUT2D eigenvalue weighted by molar-refractivity contribution is 5.85. The molecule has 0 aromatic rings. The van der Waals surface area contributed by atoms with Gasteiger partial charge in [0.25, 0.3) is 0 Å². The van der Waals surface area contributed by atoms with Crippen LogP contribution in [-0.2, 0) is 9.53 Å². The lowest BCUT2D eigenvalue weighted by molar-refractivity contribution is -0.131. The molecular formula is C13H27ClN2O2. The maximum atomic E-state index is 11.9. The van der Waals surface area contributed by atoms with Crippen molar-refractivity contribution in [3.05, 3.63) is 0 Å². The number of carbonyl (C=O) groups is 1. The Morgan fingerprint density at radius 1 is 1.39 bits per heavy atom. The van der Waals surface area contributed by atoms with E-state index in [0.717, 1.165) is 44.3 Å². The number of nitrogens with one attached hydrogen (secondary N) is 1. The van der Waals surface area contributed by atoms with Crippen LogP contribution in [0.5, 0.6) is 0 Å². The van der Waals surface area contributed by atoms with Gasteiger partial charge in [0.05, 0.1) is 13.2 Å². The fourth-order valence-corrected chi connectivity index (χ4v) is 2.30. The zero-order valence-electron chi connectivity index (χ0n) is 11.8. The third kappa shape index (κ3) is 6.03. The average Bonchev–Trinajstić information content (AvgIpc) is 2.34. The lowest BCUT2D eigenvalue weighted by Crippen LogP contribution is -2.44. The maximum Gasteiger partial charge on any atom is 0.236 e. The number of likely N-dealkylation sites (tertiary alicyclic amines) is 1. The first kappa shape index (κ1) is 17.7. The molecule has 4 nitrogen and oxygen atoms in total. The number of ether oxygens (including phenoxy) is 1. The van der Waals surface area contributed by atoms with Crippen molar-refractivity contribution in [2.24, 2.45) is 11.8 Å². The van der Waals surface area contributed by atoms with Crippen molar-refractivity contribution in [2.45, 2.75) is 26.7 Å². The van der Waals surface area contributed by atoms with E-state index in [1.807, 2.05) is 4.90 Å². The van der Waals surface area contributed by atoms with Crippen LogP contribution in [0.25, 0.3) is 0 Å². The Bertz CT molecular complexity index is 229. The zero-order chi connectivity index (χ0) is 12.7. The number of rotatable bonds is 6. The summed E-state index contributed by atoms with van der Waals surface area (Å²) in [5.41, 5.74) is 0. The molecule has 1 aliphatic heterocycles. The second-order valence-corrected chi connectivity index (χ2v) is 5.13. The predicted molar refractivity (Wildman–Crippen MR) is 76.1 cm³/mol. The van der Waals surface area contributed by atoms with Crippen LogP contribution in [0.4, 0.5) is 0 Å². The molecule has 1 rings (SSSR count). The summed E-state index contributed by atoms with van der Waals surface area (Å²) in [6.07, 6.45) is 2.31. The van der Waals surface area contributed by atoms with E-state index in [1.165, 1.54) is 0 Å². The first-order chi connectivity index (χ1) is 8.15. The molecule has 1 fully saturated rings. The lowest BCUT2D eigenvalue weighted by atomic mass is 9.87. The Labute approximate surface area is 117 Å². The number of hydrogen-bond donors (Lipinski definition) is 1. The topological polar surface area (TPSA) is 41.6 Å². The third-order valence-electron chi connectivity index (χ3n) is 3.59. The molecule has 0 saturated carbocycles. The first-order valence-corrected chi connectivity index (χ1v) is 6.62. The van der Waals surface area contributed by atoms with Crippen molar-refractivity contribution < 1.29 is 9.53 Å². The largest absolute Gasteiger partial charge is 0.383 e. The van der Waals surface area contributed by atoms with Crippen molar-refractivity contribution in [2.75, 3.05) is 39.9 Å². The van der Waals surface area contributed by atoms with Crippen LogP contribution < -0.4 is 5.32 Å². The standard InChI is InChI=1S/C13H26N2O2.ClH/c1-11(2)12-4-7-15(8-5-12)13(16)10-14-6-9-17-3;/h11-12,14H,4-10H2,1-3H3;1H. The molecule has 18 heavy (non-hydrogen) atoms. The fourth-order valence-electron chi connectivity index (χ4n) is 2.30. The Morgan fingerprint density at radius 3 is 2.50 bits per heavy atom. The lowest BCUT2D eigenvalue weighted by Gasteiger charge is -2.34. The van der Waals surface area contributed by atoms with Gasteiger partial charge in [0.2, 0.25) is 5.91 Å². The van der Waals surface area contributed by atoms with Gasteiger partial charge in [0.15, 0.2) is 0 Å². The van der Waals surface area contributed by atoms with E-state index in [4.69, 9.17) is 4.74 Å². The normalized spacial score (nSPS) is 16.8. The highest BCUT2D eigenvalue weighted by Crippen LogP contribution is 2.24. The minimum atomic E-state index is 0. The molecule has 1 N–H and O–H groups in total. The van der Waals surface area contributed by atoms with Gasteiger partial charge in [0.1, 0.15) is 0 Å². The van der Waals surface area contributed by atoms with Gasteiger partial charge in [-0.3, -0.25) is 4.79 Å². The molecule has 108 valence electrons. The summed E-state index contributed by atoms with van der Waals surface area (Å²) in [7, 11) is 1.67. The number of methoxy groups -OCH3 is 1. The van der Waals surface area contributed by atoms with Gasteiger partial charge in [-0.05, 0) is 24.7 Å². The van der Waals surface area contributed by atoms with Gasteiger partial charge in [-0.25, -0.2) is 0 Å². The first-order valence-electron chi connectivity index (χ1n) is 6.62. The Balaban J connectivity index is 0.00000289. The highest BCUT2D eigenvalue weighted by Gasteiger charge is 2.23. The van der Waals surface area contributed by atoms with Crippen LogP contribution in [-0.4, -0.2) is 50.7 Å². The molecule has 0 unspecified atom stereocenters. The molecule has 0 atom stereocenters. The number of carbonyl (C=O) groups excluding carboxylic acids is 1. The molecular weight excluding hydrogens is 252 g/mol. The number of amides is 1. The minimum Gasteiger partial charge on any atom is -0.383 e. The van der Waals surface area contributed by atoms with E-state index in [2.05, 4.69) is 19.2 Å². The number of piperidine rings is 1. The van der Waals surface area contributed by atoms with E-state index < -0.39 is 0 Å². The van der Waals surface area contributed by atoms with Crippen LogP contribution >= 0.6 is 12.4 Å². The van der Waals surface area contributed by atoms with Crippen LogP contribution in [0, 0.1) is 11.8 Å². The summed E-state index contributed by atoms with van der Waals surface area (Å²) in [6, 6.07) is 0. The van der Waals surface area contributed by atoms with Crippen LogP contribution in [0.1, 0.15) is 26.7 Å². The molecule has 0 aliphatic carbocycles. The van der Waals surface area contributed by atoms with Crippen LogP contribution in [0.15, 0.2) is 0 Å². The molecule has 0 bridgehead atoms. The van der Waals surface area contributed by atoms with Gasteiger partial charge in [-0.2, -0.15) is 0 Å². The second-order valence-electron chi connectivity index (χ2n) is 5.13.